The Hall–Kier alpha value is -1.26. The molecule has 3 N–H and O–H groups in total. The molecule has 1 rings (SSSR count). The molecule has 0 atom stereocenters. The van der Waals surface area contributed by atoms with E-state index < -0.39 is 22.8 Å². The highest BCUT2D eigenvalue weighted by atomic mass is 35.5. The Morgan fingerprint density at radius 3 is 2.09 bits per heavy atom. The van der Waals surface area contributed by atoms with Crippen molar-refractivity contribution < 1.29 is 9.59 Å². The van der Waals surface area contributed by atoms with Gasteiger partial charge in [-0.05, 0) is 30.9 Å². The van der Waals surface area contributed by atoms with Crippen LogP contribution in [0.15, 0.2) is 18.2 Å². The molecule has 0 aromatic heterocycles. The number of hydrogen-bond acceptors (Lipinski definition) is 2. The van der Waals surface area contributed by atoms with Crippen molar-refractivity contribution in [2.45, 2.75) is 40.2 Å². The fourth-order valence-electron chi connectivity index (χ4n) is 1.97. The number of halogens is 2. The number of carbonyl (C=O) groups excluding carboxylic acids is 2. The molecule has 0 aliphatic heterocycles. The molecule has 6 heteroatoms. The van der Waals surface area contributed by atoms with Gasteiger partial charge in [0.15, 0.2) is 0 Å². The average molecular weight is 344 g/mol. The maximum atomic E-state index is 12.7. The van der Waals surface area contributed by atoms with Gasteiger partial charge >= 0.3 is 0 Å². The molecule has 0 fully saturated rings. The minimum absolute atomic E-state index is 0.307. The summed E-state index contributed by atoms with van der Waals surface area (Å²) in [7, 11) is 0. The van der Waals surface area contributed by atoms with Gasteiger partial charge in [-0.25, -0.2) is 0 Å². The first-order valence-electron chi connectivity index (χ1n) is 6.82. The molecule has 2 amide bonds. The van der Waals surface area contributed by atoms with Crippen molar-refractivity contribution in [3.8, 4) is 0 Å². The predicted octanol–water partition coefficient (Wildman–Crippen LogP) is 3.34. The van der Waals surface area contributed by atoms with Crippen molar-refractivity contribution in [1.82, 2.24) is 5.32 Å². The van der Waals surface area contributed by atoms with E-state index in [4.69, 9.17) is 28.9 Å². The summed E-state index contributed by atoms with van der Waals surface area (Å²) in [5, 5.41) is 3.33. The average Bonchev–Trinajstić information content (AvgIpc) is 2.32. The van der Waals surface area contributed by atoms with Crippen molar-refractivity contribution in [2.75, 3.05) is 0 Å². The lowest BCUT2D eigenvalue weighted by molar-refractivity contribution is -0.129. The molecule has 1 aromatic carbocycles. The predicted molar refractivity (Wildman–Crippen MR) is 89.7 cm³/mol. The topological polar surface area (TPSA) is 72.2 Å². The quantitative estimate of drug-likeness (QED) is 0.879. The monoisotopic (exact) mass is 343 g/mol. The van der Waals surface area contributed by atoms with Crippen LogP contribution in [0.4, 0.5) is 0 Å². The molecule has 0 spiro atoms. The van der Waals surface area contributed by atoms with Gasteiger partial charge in [0.05, 0.1) is 16.0 Å². The summed E-state index contributed by atoms with van der Waals surface area (Å²) in [6.07, 6.45) is 0. The van der Waals surface area contributed by atoms with Crippen molar-refractivity contribution in [3.05, 3.63) is 39.7 Å². The maximum absolute atomic E-state index is 12.7. The number of rotatable bonds is 4. The summed E-state index contributed by atoms with van der Waals surface area (Å²) in [6.45, 7) is 8.75. The van der Waals surface area contributed by atoms with E-state index in [0.29, 0.717) is 21.5 Å². The molecular weight excluding hydrogens is 323 g/mol. The van der Waals surface area contributed by atoms with Crippen molar-refractivity contribution in [1.29, 1.82) is 0 Å². The molecule has 1 aromatic rings. The summed E-state index contributed by atoms with van der Waals surface area (Å²) in [6, 6.07) is 5.10. The fraction of sp³-hybridized carbons (Fsp3) is 0.438. The summed E-state index contributed by atoms with van der Waals surface area (Å²) < 4.78 is 0. The van der Waals surface area contributed by atoms with Gasteiger partial charge in [0, 0.05) is 0 Å². The Labute approximate surface area is 141 Å². The lowest BCUT2D eigenvalue weighted by Gasteiger charge is -2.33. The lowest BCUT2D eigenvalue weighted by atomic mass is 9.75. The second-order valence-corrected chi connectivity index (χ2v) is 7.45. The Balaban J connectivity index is 3.29. The summed E-state index contributed by atoms with van der Waals surface area (Å²) in [4.78, 5) is 24.2. The molecule has 0 saturated heterocycles. The minimum Gasteiger partial charge on any atom is -0.368 e. The van der Waals surface area contributed by atoms with E-state index in [9.17, 15) is 9.59 Å². The van der Waals surface area contributed by atoms with Crippen LogP contribution in [0.25, 0.3) is 0 Å². The van der Waals surface area contributed by atoms with Crippen molar-refractivity contribution >= 4 is 35.0 Å². The van der Waals surface area contributed by atoms with Crippen LogP contribution < -0.4 is 11.1 Å². The normalized spacial score (nSPS) is 12.4. The number of nitrogens with two attached hydrogens (primary N) is 1. The summed E-state index contributed by atoms with van der Waals surface area (Å²) >= 11 is 12.3. The number of carbonyl (C=O) groups is 2. The SMILES string of the molecule is CC(C)(C)[C](C(=O)NC(C)(C)C(N)=O)c1cccc(Cl)c1Cl. The number of benzene rings is 1. The standard InChI is InChI=1S/C16H21Cl2N2O2/c1-15(2,3)11(9-7-6-8-10(17)12(9)18)13(21)20-16(4,5)14(19)22/h6-8H,1-5H3,(H2,19,22)(H,20,21). The Bertz CT molecular complexity index is 592. The number of hydrogen-bond donors (Lipinski definition) is 2. The van der Waals surface area contributed by atoms with E-state index in [-0.39, 0.29) is 0 Å². The van der Waals surface area contributed by atoms with Crippen LogP contribution in [0.3, 0.4) is 0 Å². The number of primary amides is 1. The zero-order valence-electron chi connectivity index (χ0n) is 13.4. The smallest absolute Gasteiger partial charge is 0.242 e. The van der Waals surface area contributed by atoms with Crippen LogP contribution in [0.5, 0.6) is 0 Å². The van der Waals surface area contributed by atoms with E-state index in [2.05, 4.69) is 5.32 Å². The van der Waals surface area contributed by atoms with E-state index in [1.54, 1.807) is 32.0 Å². The first kappa shape index (κ1) is 18.8. The third kappa shape index (κ3) is 4.14. The second kappa shape index (κ2) is 6.47. The van der Waals surface area contributed by atoms with Gasteiger partial charge in [0.1, 0.15) is 5.54 Å². The van der Waals surface area contributed by atoms with Gasteiger partial charge in [0.2, 0.25) is 11.8 Å². The first-order valence-corrected chi connectivity index (χ1v) is 7.57. The highest BCUT2D eigenvalue weighted by Gasteiger charge is 2.39. The second-order valence-electron chi connectivity index (χ2n) is 6.67. The molecule has 0 bridgehead atoms. The third-order valence-corrected chi connectivity index (χ3v) is 4.06. The first-order chi connectivity index (χ1) is 9.88. The van der Waals surface area contributed by atoms with Gasteiger partial charge in [-0.2, -0.15) is 0 Å². The van der Waals surface area contributed by atoms with E-state index in [0.717, 1.165) is 0 Å². The number of amides is 2. The van der Waals surface area contributed by atoms with E-state index in [1.165, 1.54) is 0 Å². The van der Waals surface area contributed by atoms with Gasteiger partial charge < -0.3 is 11.1 Å². The molecule has 1 radical (unpaired) electrons. The highest BCUT2D eigenvalue weighted by Crippen LogP contribution is 2.40. The Kier molecular flexibility index (Phi) is 5.52. The molecule has 22 heavy (non-hydrogen) atoms. The van der Waals surface area contributed by atoms with Crippen molar-refractivity contribution in [2.24, 2.45) is 11.1 Å². The molecule has 121 valence electrons. The van der Waals surface area contributed by atoms with Crippen LogP contribution in [0.1, 0.15) is 40.2 Å². The van der Waals surface area contributed by atoms with Crippen LogP contribution in [-0.4, -0.2) is 17.4 Å². The summed E-state index contributed by atoms with van der Waals surface area (Å²) in [5.74, 6) is -0.582. The van der Waals surface area contributed by atoms with Crippen LogP contribution >= 0.6 is 23.2 Å². The van der Waals surface area contributed by atoms with Crippen LogP contribution in [0.2, 0.25) is 10.0 Å². The Morgan fingerprint density at radius 2 is 1.64 bits per heavy atom. The zero-order chi connectivity index (χ0) is 17.3. The van der Waals surface area contributed by atoms with Gasteiger partial charge in [-0.15, -0.1) is 0 Å². The largest absolute Gasteiger partial charge is 0.368 e. The lowest BCUT2D eigenvalue weighted by Crippen LogP contribution is -2.55. The molecule has 0 heterocycles. The molecule has 0 aliphatic rings. The maximum Gasteiger partial charge on any atom is 0.242 e. The van der Waals surface area contributed by atoms with Crippen LogP contribution in [0, 0.1) is 11.3 Å². The minimum atomic E-state index is -1.17. The molecular formula is C16H21Cl2N2O2. The molecule has 0 unspecified atom stereocenters. The van der Waals surface area contributed by atoms with Crippen molar-refractivity contribution in [3.63, 3.8) is 0 Å². The van der Waals surface area contributed by atoms with Gasteiger partial charge in [-0.3, -0.25) is 9.59 Å². The number of nitrogens with one attached hydrogen (secondary N) is 1. The molecule has 0 aliphatic carbocycles. The summed E-state index contributed by atoms with van der Waals surface area (Å²) in [5.41, 5.74) is 4.18. The zero-order valence-corrected chi connectivity index (χ0v) is 14.9. The van der Waals surface area contributed by atoms with Crippen LogP contribution in [-0.2, 0) is 9.59 Å². The van der Waals surface area contributed by atoms with Gasteiger partial charge in [-0.1, -0.05) is 56.1 Å². The Morgan fingerprint density at radius 1 is 1.09 bits per heavy atom. The molecule has 4 nitrogen and oxygen atoms in total. The highest BCUT2D eigenvalue weighted by molar-refractivity contribution is 6.42. The van der Waals surface area contributed by atoms with E-state index >= 15 is 0 Å². The van der Waals surface area contributed by atoms with E-state index in [1.807, 2.05) is 20.8 Å². The van der Waals surface area contributed by atoms with Gasteiger partial charge in [0.25, 0.3) is 0 Å². The molecule has 0 saturated carbocycles. The fourth-order valence-corrected chi connectivity index (χ4v) is 2.37. The third-order valence-electron chi connectivity index (χ3n) is 3.24.